The Bertz CT molecular complexity index is 1050. The van der Waals surface area contributed by atoms with Crippen molar-refractivity contribution >= 4 is 22.7 Å². The van der Waals surface area contributed by atoms with Gasteiger partial charge < -0.3 is 29.8 Å². The molecule has 0 spiro atoms. The van der Waals surface area contributed by atoms with Gasteiger partial charge in [-0.2, -0.15) is 0 Å². The van der Waals surface area contributed by atoms with Crippen molar-refractivity contribution < 1.29 is 23.8 Å². The SMILES string of the molecule is COc1cc2cc(C(=O)NC(C)C(=O)NCc3ccccc3)[nH]c2c(OC)c1OC. The molecule has 0 aliphatic rings. The Hall–Kier alpha value is -3.68. The first-order valence-corrected chi connectivity index (χ1v) is 9.42. The van der Waals surface area contributed by atoms with Crippen molar-refractivity contribution in [3.63, 3.8) is 0 Å². The molecule has 1 aromatic heterocycles. The van der Waals surface area contributed by atoms with E-state index >= 15 is 0 Å². The highest BCUT2D eigenvalue weighted by Gasteiger charge is 2.22. The molecule has 1 unspecified atom stereocenters. The zero-order valence-corrected chi connectivity index (χ0v) is 17.4. The molecule has 0 aliphatic carbocycles. The van der Waals surface area contributed by atoms with Crippen LogP contribution in [0, 0.1) is 0 Å². The van der Waals surface area contributed by atoms with Crippen LogP contribution in [-0.4, -0.2) is 44.2 Å². The van der Waals surface area contributed by atoms with Crippen molar-refractivity contribution in [3.8, 4) is 17.2 Å². The molecule has 30 heavy (non-hydrogen) atoms. The molecule has 0 bridgehead atoms. The molecule has 158 valence electrons. The summed E-state index contributed by atoms with van der Waals surface area (Å²) in [5, 5.41) is 6.23. The summed E-state index contributed by atoms with van der Waals surface area (Å²) in [6.07, 6.45) is 0. The van der Waals surface area contributed by atoms with E-state index < -0.39 is 11.9 Å². The average Bonchev–Trinajstić information content (AvgIpc) is 3.20. The number of amides is 2. The van der Waals surface area contributed by atoms with Gasteiger partial charge in [-0.05, 0) is 24.6 Å². The van der Waals surface area contributed by atoms with E-state index in [-0.39, 0.29) is 5.91 Å². The molecule has 0 fully saturated rings. The van der Waals surface area contributed by atoms with Crippen LogP contribution >= 0.6 is 0 Å². The van der Waals surface area contributed by atoms with Gasteiger partial charge in [0, 0.05) is 11.9 Å². The number of carbonyl (C=O) groups excluding carboxylic acids is 2. The lowest BCUT2D eigenvalue weighted by Crippen LogP contribution is -2.44. The number of hydrogen-bond acceptors (Lipinski definition) is 5. The van der Waals surface area contributed by atoms with Gasteiger partial charge in [-0.3, -0.25) is 9.59 Å². The summed E-state index contributed by atoms with van der Waals surface area (Å²) in [6, 6.07) is 12.3. The van der Waals surface area contributed by atoms with Gasteiger partial charge in [0.1, 0.15) is 11.7 Å². The molecule has 8 nitrogen and oxygen atoms in total. The second kappa shape index (κ2) is 9.21. The number of aromatic nitrogens is 1. The molecule has 2 aromatic carbocycles. The number of methoxy groups -OCH3 is 3. The number of nitrogens with one attached hydrogen (secondary N) is 3. The topological polar surface area (TPSA) is 102 Å². The molecule has 2 amide bonds. The average molecular weight is 411 g/mol. The summed E-state index contributed by atoms with van der Waals surface area (Å²) >= 11 is 0. The lowest BCUT2D eigenvalue weighted by Gasteiger charge is -2.14. The van der Waals surface area contributed by atoms with Crippen LogP contribution in [0.3, 0.4) is 0 Å². The predicted octanol–water partition coefficient (Wildman–Crippen LogP) is 2.63. The molecule has 0 saturated heterocycles. The predicted molar refractivity (Wildman–Crippen MR) is 113 cm³/mol. The number of hydrogen-bond donors (Lipinski definition) is 3. The molecule has 0 radical (unpaired) electrons. The Kier molecular flexibility index (Phi) is 6.46. The summed E-state index contributed by atoms with van der Waals surface area (Å²) in [6.45, 7) is 2.02. The van der Waals surface area contributed by atoms with Gasteiger partial charge in [-0.25, -0.2) is 0 Å². The molecule has 3 N–H and O–H groups in total. The van der Waals surface area contributed by atoms with Crippen molar-refractivity contribution in [1.29, 1.82) is 0 Å². The minimum Gasteiger partial charge on any atom is -0.493 e. The van der Waals surface area contributed by atoms with Crippen LogP contribution < -0.4 is 24.8 Å². The Labute approximate surface area is 174 Å². The van der Waals surface area contributed by atoms with Gasteiger partial charge in [0.25, 0.3) is 5.91 Å². The number of aromatic amines is 1. The first-order chi connectivity index (χ1) is 14.5. The maximum atomic E-state index is 12.7. The van der Waals surface area contributed by atoms with Crippen LogP contribution in [-0.2, 0) is 11.3 Å². The fourth-order valence-corrected chi connectivity index (χ4v) is 3.14. The number of rotatable bonds is 8. The largest absolute Gasteiger partial charge is 0.493 e. The molecule has 8 heteroatoms. The van der Waals surface area contributed by atoms with Gasteiger partial charge in [0.2, 0.25) is 11.7 Å². The van der Waals surface area contributed by atoms with E-state index in [4.69, 9.17) is 14.2 Å². The highest BCUT2D eigenvalue weighted by Crippen LogP contribution is 2.43. The molecule has 1 atom stereocenters. The fourth-order valence-electron chi connectivity index (χ4n) is 3.14. The van der Waals surface area contributed by atoms with Gasteiger partial charge >= 0.3 is 0 Å². The quantitative estimate of drug-likeness (QED) is 0.529. The highest BCUT2D eigenvalue weighted by atomic mass is 16.5. The number of carbonyl (C=O) groups is 2. The molecule has 1 heterocycles. The zero-order valence-electron chi connectivity index (χ0n) is 17.4. The Morgan fingerprint density at radius 3 is 2.33 bits per heavy atom. The number of ether oxygens (including phenoxy) is 3. The summed E-state index contributed by atoms with van der Waals surface area (Å²) in [7, 11) is 4.55. The van der Waals surface area contributed by atoms with E-state index in [2.05, 4.69) is 15.6 Å². The monoisotopic (exact) mass is 411 g/mol. The third-order valence-electron chi connectivity index (χ3n) is 4.72. The molecular formula is C22H25N3O5. The maximum absolute atomic E-state index is 12.7. The summed E-state index contributed by atoms with van der Waals surface area (Å²) in [4.78, 5) is 28.1. The standard InChI is InChI=1S/C22H25N3O5/c1-13(21(26)23-12-14-8-6-5-7-9-14)24-22(27)16-10-15-11-17(28-2)19(29-3)20(30-4)18(15)25-16/h5-11,13,25H,12H2,1-4H3,(H,23,26)(H,24,27). The van der Waals surface area contributed by atoms with Crippen molar-refractivity contribution in [2.75, 3.05) is 21.3 Å². The maximum Gasteiger partial charge on any atom is 0.268 e. The van der Waals surface area contributed by atoms with Crippen LogP contribution in [0.4, 0.5) is 0 Å². The molecular weight excluding hydrogens is 386 g/mol. The zero-order chi connectivity index (χ0) is 21.7. The third kappa shape index (κ3) is 4.32. The van der Waals surface area contributed by atoms with Crippen molar-refractivity contribution in [2.45, 2.75) is 19.5 Å². The van der Waals surface area contributed by atoms with Crippen molar-refractivity contribution in [1.82, 2.24) is 15.6 Å². The normalized spacial score (nSPS) is 11.6. The van der Waals surface area contributed by atoms with Gasteiger partial charge in [0.15, 0.2) is 11.5 Å². The number of benzene rings is 2. The van der Waals surface area contributed by atoms with Crippen LogP contribution in [0.1, 0.15) is 23.0 Å². The van der Waals surface area contributed by atoms with Crippen LogP contribution in [0.15, 0.2) is 42.5 Å². The van der Waals surface area contributed by atoms with Gasteiger partial charge in [-0.1, -0.05) is 30.3 Å². The highest BCUT2D eigenvalue weighted by molar-refractivity contribution is 6.02. The van der Waals surface area contributed by atoms with Crippen molar-refractivity contribution in [3.05, 3.63) is 53.7 Å². The first-order valence-electron chi connectivity index (χ1n) is 9.42. The van der Waals surface area contributed by atoms with E-state index in [0.717, 1.165) is 10.9 Å². The van der Waals surface area contributed by atoms with Crippen LogP contribution in [0.2, 0.25) is 0 Å². The molecule has 0 aliphatic heterocycles. The second-order valence-electron chi connectivity index (χ2n) is 6.69. The Morgan fingerprint density at radius 2 is 1.70 bits per heavy atom. The second-order valence-corrected chi connectivity index (χ2v) is 6.69. The molecule has 3 aromatic rings. The number of fused-ring (bicyclic) bond motifs is 1. The smallest absolute Gasteiger partial charge is 0.268 e. The fraction of sp³-hybridized carbons (Fsp3) is 0.273. The molecule has 0 saturated carbocycles. The van der Waals surface area contributed by atoms with Crippen LogP contribution in [0.5, 0.6) is 17.2 Å². The van der Waals surface area contributed by atoms with E-state index in [1.54, 1.807) is 19.1 Å². The van der Waals surface area contributed by atoms with Gasteiger partial charge in [0.05, 0.1) is 26.8 Å². The first kappa shape index (κ1) is 21.0. The third-order valence-corrected chi connectivity index (χ3v) is 4.72. The minimum atomic E-state index is -0.710. The lowest BCUT2D eigenvalue weighted by atomic mass is 10.2. The minimum absolute atomic E-state index is 0.274. The van der Waals surface area contributed by atoms with Crippen LogP contribution in [0.25, 0.3) is 10.9 Å². The molecule has 3 rings (SSSR count). The van der Waals surface area contributed by atoms with Gasteiger partial charge in [-0.15, -0.1) is 0 Å². The van der Waals surface area contributed by atoms with Crippen molar-refractivity contribution in [2.24, 2.45) is 0 Å². The van der Waals surface area contributed by atoms with E-state index in [1.165, 1.54) is 21.3 Å². The number of H-pyrrole nitrogens is 1. The Balaban J connectivity index is 1.73. The summed E-state index contributed by atoms with van der Waals surface area (Å²) in [5.41, 5.74) is 1.87. The summed E-state index contributed by atoms with van der Waals surface area (Å²) < 4.78 is 16.2. The Morgan fingerprint density at radius 1 is 1.00 bits per heavy atom. The summed E-state index contributed by atoms with van der Waals surface area (Å²) in [5.74, 6) is 0.661. The van der Waals surface area contributed by atoms with E-state index in [9.17, 15) is 9.59 Å². The van der Waals surface area contributed by atoms with E-state index in [0.29, 0.717) is 35.0 Å². The van der Waals surface area contributed by atoms with E-state index in [1.807, 2.05) is 30.3 Å². The lowest BCUT2D eigenvalue weighted by molar-refractivity contribution is -0.122.